The van der Waals surface area contributed by atoms with E-state index in [4.69, 9.17) is 0 Å². The summed E-state index contributed by atoms with van der Waals surface area (Å²) < 4.78 is 27.9. The van der Waals surface area contributed by atoms with E-state index in [0.717, 1.165) is 37.3 Å². The van der Waals surface area contributed by atoms with Gasteiger partial charge in [-0.15, -0.1) is 0 Å². The molecule has 0 aliphatic heterocycles. The van der Waals surface area contributed by atoms with Gasteiger partial charge in [0.05, 0.1) is 11.9 Å². The highest BCUT2D eigenvalue weighted by Crippen LogP contribution is 2.23. The molecule has 0 saturated carbocycles. The minimum Gasteiger partial charge on any atom is -0.350 e. The monoisotopic (exact) mass is 627 g/mol. The first kappa shape index (κ1) is 31.4. The molecule has 0 saturated heterocycles. The summed E-state index contributed by atoms with van der Waals surface area (Å²) in [5, 5.41) is 3.03. The number of nitrogens with zero attached hydrogens (tertiary/aromatic N) is 2. The van der Waals surface area contributed by atoms with E-state index < -0.39 is 34.1 Å². The van der Waals surface area contributed by atoms with Gasteiger partial charge >= 0.3 is 0 Å². The standard InChI is InChI=1S/C31H38BrN3O4S/c1-22-15-23(2)17-27(16-22)35(40(6,38)39)21-29(36)34(20-25-13-10-14-26(32)18-25)28(30(37)33-31(3,4)5)19-24-11-8-7-9-12-24/h7-18,28H,19-21H2,1-6H3,(H,33,37). The molecule has 0 aliphatic carbocycles. The van der Waals surface area contributed by atoms with Gasteiger partial charge < -0.3 is 10.2 Å². The second-order valence-corrected chi connectivity index (χ2v) is 14.0. The van der Waals surface area contributed by atoms with Gasteiger partial charge in [-0.25, -0.2) is 8.42 Å². The van der Waals surface area contributed by atoms with Crippen LogP contribution in [0.1, 0.15) is 43.0 Å². The van der Waals surface area contributed by atoms with Gasteiger partial charge in [0.1, 0.15) is 12.6 Å². The summed E-state index contributed by atoms with van der Waals surface area (Å²) in [5.41, 5.74) is 3.34. The minimum absolute atomic E-state index is 0.123. The Morgan fingerprint density at radius 1 is 0.900 bits per heavy atom. The second-order valence-electron chi connectivity index (χ2n) is 11.2. The van der Waals surface area contributed by atoms with E-state index in [1.165, 1.54) is 4.90 Å². The number of halogens is 1. The van der Waals surface area contributed by atoms with Crippen molar-refractivity contribution in [3.8, 4) is 0 Å². The molecule has 1 atom stereocenters. The predicted molar refractivity (Wildman–Crippen MR) is 165 cm³/mol. The van der Waals surface area contributed by atoms with Gasteiger partial charge in [-0.3, -0.25) is 13.9 Å². The molecule has 3 rings (SSSR count). The molecule has 9 heteroatoms. The maximum Gasteiger partial charge on any atom is 0.244 e. The summed E-state index contributed by atoms with van der Waals surface area (Å²) in [4.78, 5) is 29.4. The summed E-state index contributed by atoms with van der Waals surface area (Å²) in [6, 6.07) is 21.6. The van der Waals surface area contributed by atoms with E-state index in [2.05, 4.69) is 21.2 Å². The van der Waals surface area contributed by atoms with Crippen LogP contribution in [0.3, 0.4) is 0 Å². The van der Waals surface area contributed by atoms with Crippen molar-refractivity contribution in [2.45, 2.75) is 59.2 Å². The van der Waals surface area contributed by atoms with Crippen molar-refractivity contribution in [3.05, 3.63) is 99.5 Å². The van der Waals surface area contributed by atoms with E-state index in [-0.39, 0.29) is 18.9 Å². The Bertz CT molecular complexity index is 1430. The smallest absolute Gasteiger partial charge is 0.244 e. The molecule has 0 aliphatic rings. The third kappa shape index (κ3) is 9.20. The largest absolute Gasteiger partial charge is 0.350 e. The zero-order valence-electron chi connectivity index (χ0n) is 23.9. The summed E-state index contributed by atoms with van der Waals surface area (Å²) >= 11 is 3.49. The number of nitrogens with one attached hydrogen (secondary N) is 1. The number of hydrogen-bond donors (Lipinski definition) is 1. The molecule has 3 aromatic rings. The van der Waals surface area contributed by atoms with Crippen molar-refractivity contribution >= 4 is 43.5 Å². The Kier molecular flexibility index (Phi) is 10.2. The third-order valence-corrected chi connectivity index (χ3v) is 7.82. The highest BCUT2D eigenvalue weighted by molar-refractivity contribution is 9.10. The highest BCUT2D eigenvalue weighted by Gasteiger charge is 2.34. The number of sulfonamides is 1. The Labute approximate surface area is 246 Å². The molecule has 2 amide bonds. The first-order valence-electron chi connectivity index (χ1n) is 13.1. The van der Waals surface area contributed by atoms with Crippen molar-refractivity contribution in [2.75, 3.05) is 17.1 Å². The Balaban J connectivity index is 2.09. The molecule has 0 radical (unpaired) electrons. The van der Waals surface area contributed by atoms with E-state index in [1.54, 1.807) is 12.1 Å². The van der Waals surface area contributed by atoms with Crippen LogP contribution in [-0.2, 0) is 32.6 Å². The van der Waals surface area contributed by atoms with Crippen LogP contribution in [0.5, 0.6) is 0 Å². The zero-order chi connectivity index (χ0) is 29.7. The van der Waals surface area contributed by atoms with Crippen LogP contribution in [0.15, 0.2) is 77.3 Å². The first-order valence-corrected chi connectivity index (χ1v) is 15.7. The summed E-state index contributed by atoms with van der Waals surface area (Å²) in [5.74, 6) is -0.786. The molecule has 1 unspecified atom stereocenters. The molecule has 1 N–H and O–H groups in total. The first-order chi connectivity index (χ1) is 18.6. The Morgan fingerprint density at radius 2 is 1.50 bits per heavy atom. The van der Waals surface area contributed by atoms with Crippen LogP contribution in [0.4, 0.5) is 5.69 Å². The van der Waals surface area contributed by atoms with Gasteiger partial charge in [0.2, 0.25) is 21.8 Å². The number of rotatable bonds is 10. The number of aryl methyl sites for hydroxylation is 2. The lowest BCUT2D eigenvalue weighted by atomic mass is 10.0. The maximum absolute atomic E-state index is 14.2. The summed E-state index contributed by atoms with van der Waals surface area (Å²) in [6.07, 6.45) is 1.36. The van der Waals surface area contributed by atoms with Gasteiger partial charge in [0.15, 0.2) is 0 Å². The molecule has 0 bridgehead atoms. The molecule has 0 spiro atoms. The molecular formula is C31H38BrN3O4S. The topological polar surface area (TPSA) is 86.8 Å². The molecule has 0 fully saturated rings. The van der Waals surface area contributed by atoms with Gasteiger partial charge in [-0.05, 0) is 81.1 Å². The van der Waals surface area contributed by atoms with Gasteiger partial charge in [0.25, 0.3) is 0 Å². The fourth-order valence-electron chi connectivity index (χ4n) is 4.55. The van der Waals surface area contributed by atoms with Crippen LogP contribution in [0.2, 0.25) is 0 Å². The minimum atomic E-state index is -3.82. The fraction of sp³-hybridized carbons (Fsp3) is 0.355. The molecule has 0 heterocycles. The van der Waals surface area contributed by atoms with Crippen molar-refractivity contribution < 1.29 is 18.0 Å². The SMILES string of the molecule is Cc1cc(C)cc(N(CC(=O)N(Cc2cccc(Br)c2)C(Cc2ccccc2)C(=O)NC(C)(C)C)S(C)(=O)=O)c1. The number of benzene rings is 3. The number of carbonyl (C=O) groups is 2. The van der Waals surface area contributed by atoms with Crippen molar-refractivity contribution in [1.82, 2.24) is 10.2 Å². The van der Waals surface area contributed by atoms with Crippen molar-refractivity contribution in [1.29, 1.82) is 0 Å². The maximum atomic E-state index is 14.2. The number of amides is 2. The fourth-order valence-corrected chi connectivity index (χ4v) is 5.83. The Morgan fingerprint density at radius 3 is 2.05 bits per heavy atom. The number of anilines is 1. The van der Waals surface area contributed by atoms with Crippen molar-refractivity contribution in [2.24, 2.45) is 0 Å². The van der Waals surface area contributed by atoms with Gasteiger partial charge in [-0.1, -0.05) is 64.5 Å². The summed E-state index contributed by atoms with van der Waals surface area (Å²) in [6.45, 7) is 9.10. The van der Waals surface area contributed by atoms with Gasteiger partial charge in [0, 0.05) is 23.0 Å². The van der Waals surface area contributed by atoms with Crippen LogP contribution < -0.4 is 9.62 Å². The lowest BCUT2D eigenvalue weighted by molar-refractivity contribution is -0.140. The molecule has 40 heavy (non-hydrogen) atoms. The molecule has 0 aromatic heterocycles. The average Bonchev–Trinajstić information content (AvgIpc) is 2.82. The molecule has 3 aromatic carbocycles. The molecule has 7 nitrogen and oxygen atoms in total. The molecule has 214 valence electrons. The van der Waals surface area contributed by atoms with Crippen molar-refractivity contribution in [3.63, 3.8) is 0 Å². The van der Waals surface area contributed by atoms with E-state index in [0.29, 0.717) is 5.69 Å². The van der Waals surface area contributed by atoms with Gasteiger partial charge in [-0.2, -0.15) is 0 Å². The van der Waals surface area contributed by atoms with Crippen LogP contribution in [-0.4, -0.2) is 49.5 Å². The molecular weight excluding hydrogens is 590 g/mol. The van der Waals surface area contributed by atoms with Crippen LogP contribution in [0, 0.1) is 13.8 Å². The Hall–Kier alpha value is -3.17. The lowest BCUT2D eigenvalue weighted by Gasteiger charge is -2.35. The lowest BCUT2D eigenvalue weighted by Crippen LogP contribution is -2.56. The van der Waals surface area contributed by atoms with E-state index >= 15 is 0 Å². The second kappa shape index (κ2) is 13.0. The third-order valence-electron chi connectivity index (χ3n) is 6.18. The van der Waals surface area contributed by atoms with Crippen LogP contribution >= 0.6 is 15.9 Å². The van der Waals surface area contributed by atoms with Crippen LogP contribution in [0.25, 0.3) is 0 Å². The quantitative estimate of drug-likeness (QED) is 0.327. The normalized spacial score (nSPS) is 12.5. The number of hydrogen-bond acceptors (Lipinski definition) is 4. The summed E-state index contributed by atoms with van der Waals surface area (Å²) in [7, 11) is -3.82. The van der Waals surface area contributed by atoms with E-state index in [9.17, 15) is 18.0 Å². The average molecular weight is 629 g/mol. The predicted octanol–water partition coefficient (Wildman–Crippen LogP) is 5.39. The van der Waals surface area contributed by atoms with E-state index in [1.807, 2.05) is 95.3 Å². The number of carbonyl (C=O) groups excluding carboxylic acids is 2. The highest BCUT2D eigenvalue weighted by atomic mass is 79.9. The zero-order valence-corrected chi connectivity index (χ0v) is 26.3.